The van der Waals surface area contributed by atoms with Crippen molar-refractivity contribution in [1.82, 2.24) is 4.57 Å². The minimum atomic E-state index is 0.852. The first-order valence-electron chi connectivity index (χ1n) is 16.6. The topological polar surface area (TPSA) is 8.17 Å². The van der Waals surface area contributed by atoms with Crippen LogP contribution in [-0.2, 0) is 6.42 Å². The minimum Gasteiger partial charge on any atom is -0.311 e. The molecule has 0 saturated carbocycles. The average Bonchev–Trinajstić information content (AvgIpc) is 3.49. The molecule has 0 aliphatic carbocycles. The normalized spacial score (nSPS) is 12.0. The summed E-state index contributed by atoms with van der Waals surface area (Å²) in [6.45, 7) is 2.11. The molecular formula is C46H36N2. The molecule has 0 bridgehead atoms. The van der Waals surface area contributed by atoms with Crippen molar-refractivity contribution in [2.75, 3.05) is 4.90 Å². The van der Waals surface area contributed by atoms with Crippen molar-refractivity contribution >= 4 is 44.0 Å². The Morgan fingerprint density at radius 2 is 1.12 bits per heavy atom. The molecule has 230 valence electrons. The number of para-hydroxylation sites is 3. The Labute approximate surface area is 282 Å². The predicted molar refractivity (Wildman–Crippen MR) is 205 cm³/mol. The fourth-order valence-corrected chi connectivity index (χ4v) is 6.79. The van der Waals surface area contributed by atoms with Crippen molar-refractivity contribution < 1.29 is 0 Å². The summed E-state index contributed by atoms with van der Waals surface area (Å²) < 4.78 is 2.36. The Kier molecular flexibility index (Phi) is 7.90. The number of hydrogen-bond acceptors (Lipinski definition) is 1. The zero-order valence-electron chi connectivity index (χ0n) is 27.0. The van der Waals surface area contributed by atoms with Crippen LogP contribution in [0.25, 0.3) is 49.4 Å². The summed E-state index contributed by atoms with van der Waals surface area (Å²) in [7, 11) is 0. The first kappa shape index (κ1) is 29.3. The molecule has 0 atom stereocenters. The number of fused-ring (bicyclic) bond motifs is 4. The van der Waals surface area contributed by atoms with Crippen molar-refractivity contribution in [2.24, 2.45) is 0 Å². The lowest BCUT2D eigenvalue weighted by Crippen LogP contribution is -2.15. The highest BCUT2D eigenvalue weighted by atomic mass is 15.1. The Hall–Kier alpha value is -6.12. The van der Waals surface area contributed by atoms with Gasteiger partial charge in [-0.25, -0.2) is 0 Å². The second-order valence-electron chi connectivity index (χ2n) is 12.1. The van der Waals surface area contributed by atoms with Crippen molar-refractivity contribution in [3.63, 3.8) is 0 Å². The number of nitrogens with zero attached hydrogens (tertiary/aromatic N) is 2. The van der Waals surface area contributed by atoms with E-state index in [0.29, 0.717) is 0 Å². The van der Waals surface area contributed by atoms with Crippen LogP contribution < -0.4 is 4.90 Å². The lowest BCUT2D eigenvalue weighted by Gasteiger charge is -2.26. The first-order chi connectivity index (χ1) is 23.8. The van der Waals surface area contributed by atoms with E-state index in [1.54, 1.807) is 0 Å². The van der Waals surface area contributed by atoms with Gasteiger partial charge in [0.25, 0.3) is 0 Å². The van der Waals surface area contributed by atoms with Gasteiger partial charge in [0.1, 0.15) is 0 Å². The first-order valence-corrected chi connectivity index (χ1v) is 16.6. The highest BCUT2D eigenvalue weighted by Crippen LogP contribution is 2.34. The molecule has 0 aliphatic rings. The summed E-state index contributed by atoms with van der Waals surface area (Å²) in [5.41, 5.74) is 10.8. The van der Waals surface area contributed by atoms with Gasteiger partial charge in [0.15, 0.2) is 0 Å². The van der Waals surface area contributed by atoms with Crippen LogP contribution in [0.1, 0.15) is 12.5 Å². The molecule has 0 fully saturated rings. The van der Waals surface area contributed by atoms with E-state index < -0.39 is 0 Å². The number of allylic oxidation sites excluding steroid dienone is 3. The molecule has 1 heterocycles. The molecule has 0 N–H and O–H groups in total. The summed E-state index contributed by atoms with van der Waals surface area (Å²) >= 11 is 0. The van der Waals surface area contributed by atoms with E-state index >= 15 is 0 Å². The minimum absolute atomic E-state index is 0.852. The third-order valence-corrected chi connectivity index (χ3v) is 9.19. The Morgan fingerprint density at radius 3 is 1.79 bits per heavy atom. The third kappa shape index (κ3) is 5.59. The molecule has 0 amide bonds. The number of rotatable bonds is 8. The molecule has 8 rings (SSSR count). The average molecular weight is 617 g/mol. The Bertz CT molecular complexity index is 2360. The van der Waals surface area contributed by atoms with E-state index in [2.05, 4.69) is 204 Å². The van der Waals surface area contributed by atoms with Gasteiger partial charge in [-0.3, -0.25) is 0 Å². The van der Waals surface area contributed by atoms with Gasteiger partial charge in [0, 0.05) is 33.5 Å². The van der Waals surface area contributed by atoms with Gasteiger partial charge in [0.05, 0.1) is 11.0 Å². The molecule has 0 spiro atoms. The highest BCUT2D eigenvalue weighted by molar-refractivity contribution is 6.09. The van der Waals surface area contributed by atoms with Crippen molar-refractivity contribution in [3.8, 4) is 16.8 Å². The molecule has 2 heteroatoms. The number of benzene rings is 7. The molecular weight excluding hydrogens is 581 g/mol. The fourth-order valence-electron chi connectivity index (χ4n) is 6.79. The van der Waals surface area contributed by atoms with Crippen LogP contribution >= 0.6 is 0 Å². The van der Waals surface area contributed by atoms with Crippen LogP contribution in [0.4, 0.5) is 11.4 Å². The maximum absolute atomic E-state index is 2.36. The van der Waals surface area contributed by atoms with Crippen LogP contribution in [0.3, 0.4) is 0 Å². The summed E-state index contributed by atoms with van der Waals surface area (Å²) in [5.74, 6) is 0. The van der Waals surface area contributed by atoms with E-state index in [1.807, 2.05) is 0 Å². The van der Waals surface area contributed by atoms with Crippen molar-refractivity contribution in [1.29, 1.82) is 0 Å². The predicted octanol–water partition coefficient (Wildman–Crippen LogP) is 12.4. The molecule has 2 nitrogen and oxygen atoms in total. The zero-order valence-corrected chi connectivity index (χ0v) is 27.0. The van der Waals surface area contributed by atoms with Crippen LogP contribution in [0.5, 0.6) is 0 Å². The quantitative estimate of drug-likeness (QED) is 0.154. The molecule has 0 aliphatic heterocycles. The second-order valence-corrected chi connectivity index (χ2v) is 12.1. The summed E-state index contributed by atoms with van der Waals surface area (Å²) in [6, 6.07) is 61.0. The second kappa shape index (κ2) is 12.9. The number of aromatic nitrogens is 1. The maximum atomic E-state index is 2.36. The summed E-state index contributed by atoms with van der Waals surface area (Å²) in [6.07, 6.45) is 7.54. The third-order valence-electron chi connectivity index (χ3n) is 9.19. The van der Waals surface area contributed by atoms with E-state index in [4.69, 9.17) is 0 Å². The Balaban J connectivity index is 1.01. The number of anilines is 2. The van der Waals surface area contributed by atoms with E-state index in [1.165, 1.54) is 55.0 Å². The maximum Gasteiger partial charge on any atom is 0.0541 e. The van der Waals surface area contributed by atoms with Gasteiger partial charge in [-0.1, -0.05) is 133 Å². The molecule has 0 saturated heterocycles. The smallest absolute Gasteiger partial charge is 0.0541 e. The van der Waals surface area contributed by atoms with Gasteiger partial charge in [0.2, 0.25) is 0 Å². The van der Waals surface area contributed by atoms with Crippen molar-refractivity contribution in [3.05, 3.63) is 199 Å². The fraction of sp³-hybridized carbons (Fsp3) is 0.0435. The lowest BCUT2D eigenvalue weighted by atomic mass is 10.0. The lowest BCUT2D eigenvalue weighted by molar-refractivity contribution is 1.18. The van der Waals surface area contributed by atoms with Gasteiger partial charge in [-0.05, 0) is 95.4 Å². The van der Waals surface area contributed by atoms with Gasteiger partial charge in [-0.15, -0.1) is 0 Å². The van der Waals surface area contributed by atoms with Gasteiger partial charge in [-0.2, -0.15) is 0 Å². The summed E-state index contributed by atoms with van der Waals surface area (Å²) in [5, 5.41) is 5.04. The van der Waals surface area contributed by atoms with Gasteiger partial charge >= 0.3 is 0 Å². The molecule has 8 aromatic rings. The zero-order chi connectivity index (χ0) is 32.3. The SMILES string of the molecule is C/C=C(\C=C/Cc1ccc(-c2ccc(-n3c4ccccc4c4ccccc43)cc2)cc1)N(c1ccccc1)c1ccc2ccccc2c1. The molecule has 0 unspecified atom stereocenters. The molecule has 1 aromatic heterocycles. The standard InChI is InChI=1S/C46H36N2/c1-2-39(47(40-16-4-3-5-17-40)42-32-29-35-14-6-7-15-38(35)33-42)18-12-13-34-23-25-36(26-24-34)37-27-30-41(31-28-37)48-45-21-10-8-19-43(45)44-20-9-11-22-46(44)48/h2-12,14-33H,13H2,1H3/b18-12-,39-2+. The number of hydrogen-bond donors (Lipinski definition) is 0. The monoisotopic (exact) mass is 616 g/mol. The van der Waals surface area contributed by atoms with E-state index in [0.717, 1.165) is 23.5 Å². The van der Waals surface area contributed by atoms with Crippen molar-refractivity contribution in [2.45, 2.75) is 13.3 Å². The van der Waals surface area contributed by atoms with Crippen LogP contribution in [-0.4, -0.2) is 4.57 Å². The van der Waals surface area contributed by atoms with Gasteiger partial charge < -0.3 is 9.47 Å². The van der Waals surface area contributed by atoms with Crippen LogP contribution in [0, 0.1) is 0 Å². The van der Waals surface area contributed by atoms with Crippen LogP contribution in [0.2, 0.25) is 0 Å². The molecule has 7 aromatic carbocycles. The van der Waals surface area contributed by atoms with E-state index in [9.17, 15) is 0 Å². The summed E-state index contributed by atoms with van der Waals surface area (Å²) in [4.78, 5) is 2.33. The largest absolute Gasteiger partial charge is 0.311 e. The van der Waals surface area contributed by atoms with E-state index in [-0.39, 0.29) is 0 Å². The molecule has 0 radical (unpaired) electrons. The molecule has 48 heavy (non-hydrogen) atoms. The highest BCUT2D eigenvalue weighted by Gasteiger charge is 2.14. The Morgan fingerprint density at radius 1 is 0.542 bits per heavy atom. The van der Waals surface area contributed by atoms with Crippen LogP contribution in [0.15, 0.2) is 194 Å².